The van der Waals surface area contributed by atoms with Crippen LogP contribution in [0.1, 0.15) is 27.9 Å². The van der Waals surface area contributed by atoms with Crippen molar-refractivity contribution in [3.8, 4) is 11.3 Å². The van der Waals surface area contributed by atoms with Gasteiger partial charge in [-0.15, -0.1) is 0 Å². The van der Waals surface area contributed by atoms with Crippen molar-refractivity contribution < 1.29 is 9.18 Å². The predicted molar refractivity (Wildman–Crippen MR) is 96.1 cm³/mol. The van der Waals surface area contributed by atoms with E-state index in [-0.39, 0.29) is 11.7 Å². The number of hydrogen-bond donors (Lipinski definition) is 1. The van der Waals surface area contributed by atoms with E-state index in [1.54, 1.807) is 30.5 Å². The Bertz CT molecular complexity index is 918. The molecule has 1 heterocycles. The van der Waals surface area contributed by atoms with Crippen LogP contribution in [0.5, 0.6) is 0 Å². The summed E-state index contributed by atoms with van der Waals surface area (Å²) in [5.41, 5.74) is 5.52. The molecule has 3 aromatic rings. The lowest BCUT2D eigenvalue weighted by molar-refractivity contribution is 0.102. The van der Waals surface area contributed by atoms with Gasteiger partial charge in [0.1, 0.15) is 5.82 Å². The zero-order chi connectivity index (χ0) is 17.2. The first-order chi connectivity index (χ1) is 12.2. The monoisotopic (exact) mass is 332 g/mol. The highest BCUT2D eigenvalue weighted by molar-refractivity contribution is 6.04. The van der Waals surface area contributed by atoms with E-state index in [1.165, 1.54) is 29.7 Å². The normalized spacial score (nSPS) is 12.7. The fourth-order valence-electron chi connectivity index (χ4n) is 3.17. The molecule has 0 saturated heterocycles. The van der Waals surface area contributed by atoms with E-state index in [0.29, 0.717) is 11.3 Å². The van der Waals surface area contributed by atoms with E-state index in [4.69, 9.17) is 0 Å². The zero-order valence-corrected chi connectivity index (χ0v) is 13.6. The molecule has 4 heteroatoms. The van der Waals surface area contributed by atoms with E-state index >= 15 is 0 Å². The number of nitrogens with one attached hydrogen (secondary N) is 1. The van der Waals surface area contributed by atoms with Gasteiger partial charge in [-0.1, -0.05) is 6.07 Å². The number of pyridine rings is 1. The molecule has 1 N–H and O–H groups in total. The van der Waals surface area contributed by atoms with Gasteiger partial charge in [-0.05, 0) is 78.9 Å². The topological polar surface area (TPSA) is 42.0 Å². The summed E-state index contributed by atoms with van der Waals surface area (Å²) in [5.74, 6) is -0.467. The van der Waals surface area contributed by atoms with Gasteiger partial charge in [0.05, 0.1) is 11.3 Å². The van der Waals surface area contributed by atoms with Crippen molar-refractivity contribution in [3.63, 3.8) is 0 Å². The van der Waals surface area contributed by atoms with E-state index in [9.17, 15) is 9.18 Å². The molecule has 3 nitrogen and oxygen atoms in total. The third-order valence-corrected chi connectivity index (χ3v) is 4.52. The summed E-state index contributed by atoms with van der Waals surface area (Å²) in [7, 11) is 0. The van der Waals surface area contributed by atoms with Crippen molar-refractivity contribution in [1.82, 2.24) is 4.98 Å². The van der Waals surface area contributed by atoms with Crippen LogP contribution in [0.15, 0.2) is 60.8 Å². The Kier molecular flexibility index (Phi) is 4.02. The Morgan fingerprint density at radius 1 is 0.960 bits per heavy atom. The number of carbonyl (C=O) groups excluding carboxylic acids is 1. The lowest BCUT2D eigenvalue weighted by Crippen LogP contribution is -2.12. The number of amides is 1. The maximum atomic E-state index is 13.0. The maximum absolute atomic E-state index is 13.0. The van der Waals surface area contributed by atoms with Gasteiger partial charge in [-0.3, -0.25) is 9.78 Å². The van der Waals surface area contributed by atoms with Gasteiger partial charge in [0, 0.05) is 17.4 Å². The van der Waals surface area contributed by atoms with Crippen LogP contribution >= 0.6 is 0 Å². The molecule has 1 aliphatic rings. The molecule has 124 valence electrons. The fraction of sp³-hybridized carbons (Fsp3) is 0.143. The van der Waals surface area contributed by atoms with E-state index in [2.05, 4.69) is 22.4 Å². The SMILES string of the molecule is O=C(Nc1ccc2c(c1)CCC2)c1ccc(-c2ccc(F)cc2)nc1. The summed E-state index contributed by atoms with van der Waals surface area (Å²) >= 11 is 0. The highest BCUT2D eigenvalue weighted by Gasteiger charge is 2.13. The van der Waals surface area contributed by atoms with E-state index in [0.717, 1.165) is 24.1 Å². The molecule has 0 unspecified atom stereocenters. The molecule has 0 spiro atoms. The molecule has 0 aliphatic heterocycles. The highest BCUT2D eigenvalue weighted by atomic mass is 19.1. The Morgan fingerprint density at radius 2 is 1.76 bits per heavy atom. The van der Waals surface area contributed by atoms with Crippen molar-refractivity contribution in [3.05, 3.63) is 83.3 Å². The van der Waals surface area contributed by atoms with Crippen LogP contribution in [0.3, 0.4) is 0 Å². The van der Waals surface area contributed by atoms with E-state index < -0.39 is 0 Å². The van der Waals surface area contributed by atoms with Crippen LogP contribution in [0.25, 0.3) is 11.3 Å². The summed E-state index contributed by atoms with van der Waals surface area (Å²) in [6, 6.07) is 15.7. The second-order valence-corrected chi connectivity index (χ2v) is 6.23. The minimum Gasteiger partial charge on any atom is -0.322 e. The highest BCUT2D eigenvalue weighted by Crippen LogP contribution is 2.25. The summed E-state index contributed by atoms with van der Waals surface area (Å²) in [4.78, 5) is 16.7. The van der Waals surface area contributed by atoms with Crippen molar-refractivity contribution >= 4 is 11.6 Å². The average Bonchev–Trinajstić information content (AvgIpc) is 3.10. The van der Waals surface area contributed by atoms with Crippen LogP contribution in [-0.4, -0.2) is 10.9 Å². The molecule has 0 saturated carbocycles. The van der Waals surface area contributed by atoms with Gasteiger partial charge in [-0.2, -0.15) is 0 Å². The van der Waals surface area contributed by atoms with Gasteiger partial charge in [0.15, 0.2) is 0 Å². The van der Waals surface area contributed by atoms with Crippen LogP contribution < -0.4 is 5.32 Å². The van der Waals surface area contributed by atoms with Crippen molar-refractivity contribution in [1.29, 1.82) is 0 Å². The first-order valence-corrected chi connectivity index (χ1v) is 8.34. The molecule has 1 amide bonds. The van der Waals surface area contributed by atoms with Crippen LogP contribution in [0.2, 0.25) is 0 Å². The third kappa shape index (κ3) is 3.29. The second kappa shape index (κ2) is 6.48. The Labute approximate surface area is 145 Å². The fourth-order valence-corrected chi connectivity index (χ4v) is 3.17. The minimum atomic E-state index is -0.283. The zero-order valence-electron chi connectivity index (χ0n) is 13.6. The Morgan fingerprint density at radius 3 is 2.52 bits per heavy atom. The summed E-state index contributed by atoms with van der Waals surface area (Å²) < 4.78 is 13.0. The largest absolute Gasteiger partial charge is 0.322 e. The standard InChI is InChI=1S/C21H17FN2O/c22-18-8-4-15(5-9-18)20-11-7-17(13-23-20)21(25)24-19-10-6-14-2-1-3-16(14)12-19/h4-13H,1-3H2,(H,24,25). The van der Waals surface area contributed by atoms with Gasteiger partial charge >= 0.3 is 0 Å². The van der Waals surface area contributed by atoms with Gasteiger partial charge in [-0.25, -0.2) is 4.39 Å². The lowest BCUT2D eigenvalue weighted by atomic mass is 10.1. The van der Waals surface area contributed by atoms with Gasteiger partial charge in [0.2, 0.25) is 0 Å². The second-order valence-electron chi connectivity index (χ2n) is 6.23. The Hall–Kier alpha value is -3.01. The number of hydrogen-bond acceptors (Lipinski definition) is 2. The van der Waals surface area contributed by atoms with Gasteiger partial charge in [0.25, 0.3) is 5.91 Å². The minimum absolute atomic E-state index is 0.184. The molecular weight excluding hydrogens is 315 g/mol. The molecule has 25 heavy (non-hydrogen) atoms. The molecular formula is C21H17FN2O. The number of halogens is 1. The quantitative estimate of drug-likeness (QED) is 0.760. The smallest absolute Gasteiger partial charge is 0.257 e. The van der Waals surface area contributed by atoms with Gasteiger partial charge < -0.3 is 5.32 Å². The number of aromatic nitrogens is 1. The molecule has 0 atom stereocenters. The number of carbonyl (C=O) groups is 1. The number of benzene rings is 2. The number of nitrogens with zero attached hydrogens (tertiary/aromatic N) is 1. The molecule has 4 rings (SSSR count). The van der Waals surface area contributed by atoms with Crippen molar-refractivity contribution in [2.75, 3.05) is 5.32 Å². The van der Waals surface area contributed by atoms with Crippen molar-refractivity contribution in [2.24, 2.45) is 0 Å². The lowest BCUT2D eigenvalue weighted by Gasteiger charge is -2.08. The molecule has 0 radical (unpaired) electrons. The number of aryl methyl sites for hydroxylation is 2. The average molecular weight is 332 g/mol. The number of rotatable bonds is 3. The van der Waals surface area contributed by atoms with E-state index in [1.807, 2.05) is 6.07 Å². The van der Waals surface area contributed by atoms with Crippen molar-refractivity contribution in [2.45, 2.75) is 19.3 Å². The number of fused-ring (bicyclic) bond motifs is 1. The molecule has 2 aromatic carbocycles. The summed E-state index contributed by atoms with van der Waals surface area (Å²) in [6.07, 6.45) is 4.92. The first-order valence-electron chi connectivity index (χ1n) is 8.34. The molecule has 0 fully saturated rings. The van der Waals surface area contributed by atoms with Crippen LogP contribution in [0.4, 0.5) is 10.1 Å². The Balaban J connectivity index is 1.49. The number of anilines is 1. The van der Waals surface area contributed by atoms with Crippen LogP contribution in [-0.2, 0) is 12.8 Å². The summed E-state index contributed by atoms with van der Waals surface area (Å²) in [6.45, 7) is 0. The maximum Gasteiger partial charge on any atom is 0.257 e. The predicted octanol–water partition coefficient (Wildman–Crippen LogP) is 4.63. The third-order valence-electron chi connectivity index (χ3n) is 4.52. The summed E-state index contributed by atoms with van der Waals surface area (Å²) in [5, 5.41) is 2.93. The van der Waals surface area contributed by atoms with Crippen LogP contribution in [0, 0.1) is 5.82 Å². The molecule has 1 aromatic heterocycles. The molecule has 0 bridgehead atoms. The molecule has 1 aliphatic carbocycles. The first kappa shape index (κ1) is 15.5.